The Kier molecular flexibility index (Phi) is 5.22. The summed E-state index contributed by atoms with van der Waals surface area (Å²) in [5, 5.41) is 0. The van der Waals surface area contributed by atoms with E-state index < -0.39 is 5.54 Å². The first-order valence-corrected chi connectivity index (χ1v) is 6.15. The first kappa shape index (κ1) is 13.5. The summed E-state index contributed by atoms with van der Waals surface area (Å²) in [6.45, 7) is 5.34. The second-order valence-electron chi connectivity index (χ2n) is 4.52. The smallest absolute Gasteiger partial charge is 0.326 e. The summed E-state index contributed by atoms with van der Waals surface area (Å²) in [5.74, 6) is -0.0553. The molecule has 2 atom stereocenters. The largest absolute Gasteiger partial charge is 0.462 e. The van der Waals surface area contributed by atoms with E-state index >= 15 is 0 Å². The molecule has 2 N–H and O–H groups in total. The molecule has 1 fully saturated rings. The molecule has 2 unspecified atom stereocenters. The van der Waals surface area contributed by atoms with Crippen LogP contribution in [0.25, 0.3) is 0 Å². The molecule has 0 radical (unpaired) electrons. The summed E-state index contributed by atoms with van der Waals surface area (Å²) in [4.78, 5) is 11.9. The van der Waals surface area contributed by atoms with Crippen LogP contribution in [0.1, 0.15) is 39.5 Å². The van der Waals surface area contributed by atoms with Crippen molar-refractivity contribution in [3.05, 3.63) is 0 Å². The van der Waals surface area contributed by atoms with E-state index in [1.807, 2.05) is 13.8 Å². The monoisotopic (exact) mass is 229 g/mol. The van der Waals surface area contributed by atoms with E-state index in [1.54, 1.807) is 0 Å². The van der Waals surface area contributed by atoms with Crippen LogP contribution in [0.4, 0.5) is 0 Å². The maximum absolute atomic E-state index is 11.9. The van der Waals surface area contributed by atoms with Gasteiger partial charge in [0, 0.05) is 6.61 Å². The van der Waals surface area contributed by atoms with Crippen molar-refractivity contribution in [3.8, 4) is 0 Å². The maximum atomic E-state index is 11.9. The predicted molar refractivity (Wildman–Crippen MR) is 62.0 cm³/mol. The van der Waals surface area contributed by atoms with Gasteiger partial charge in [-0.3, -0.25) is 4.79 Å². The Morgan fingerprint density at radius 2 is 2.19 bits per heavy atom. The molecular formula is C12H23NO3. The van der Waals surface area contributed by atoms with Gasteiger partial charge in [-0.1, -0.05) is 19.8 Å². The average Bonchev–Trinajstić information content (AvgIpc) is 2.28. The number of hydrogen-bond acceptors (Lipinski definition) is 4. The van der Waals surface area contributed by atoms with Crippen LogP contribution in [-0.4, -0.2) is 31.3 Å². The van der Waals surface area contributed by atoms with Gasteiger partial charge >= 0.3 is 5.97 Å². The molecular weight excluding hydrogens is 206 g/mol. The number of ether oxygens (including phenoxy) is 2. The minimum Gasteiger partial charge on any atom is -0.462 e. The SMILES string of the molecule is CCOCCOC(=O)C1(N)CCCCC1C. The van der Waals surface area contributed by atoms with Gasteiger partial charge in [-0.15, -0.1) is 0 Å². The van der Waals surface area contributed by atoms with Crippen LogP contribution in [0.15, 0.2) is 0 Å². The number of hydrogen-bond donors (Lipinski definition) is 1. The van der Waals surface area contributed by atoms with E-state index in [9.17, 15) is 4.79 Å². The molecule has 0 aromatic carbocycles. The van der Waals surface area contributed by atoms with Crippen LogP contribution in [0.2, 0.25) is 0 Å². The summed E-state index contributed by atoms with van der Waals surface area (Å²) in [5.41, 5.74) is 5.37. The van der Waals surface area contributed by atoms with E-state index in [0.717, 1.165) is 25.7 Å². The van der Waals surface area contributed by atoms with Crippen LogP contribution in [0.5, 0.6) is 0 Å². The van der Waals surface area contributed by atoms with Gasteiger partial charge in [-0.05, 0) is 25.7 Å². The van der Waals surface area contributed by atoms with Crippen LogP contribution in [-0.2, 0) is 14.3 Å². The second kappa shape index (κ2) is 6.21. The minimum atomic E-state index is -0.773. The molecule has 4 heteroatoms. The molecule has 1 aliphatic rings. The van der Waals surface area contributed by atoms with Gasteiger partial charge in [0.1, 0.15) is 12.1 Å². The summed E-state index contributed by atoms with van der Waals surface area (Å²) in [6.07, 6.45) is 3.92. The van der Waals surface area contributed by atoms with Crippen molar-refractivity contribution in [3.63, 3.8) is 0 Å². The van der Waals surface area contributed by atoms with Gasteiger partial charge in [0.2, 0.25) is 0 Å². The van der Waals surface area contributed by atoms with E-state index in [-0.39, 0.29) is 11.9 Å². The van der Waals surface area contributed by atoms with Crippen LogP contribution >= 0.6 is 0 Å². The number of esters is 1. The average molecular weight is 229 g/mol. The third kappa shape index (κ3) is 3.19. The van der Waals surface area contributed by atoms with Gasteiger partial charge in [0.15, 0.2) is 0 Å². The summed E-state index contributed by atoms with van der Waals surface area (Å²) in [7, 11) is 0. The first-order chi connectivity index (χ1) is 7.61. The number of carbonyl (C=O) groups excluding carboxylic acids is 1. The first-order valence-electron chi connectivity index (χ1n) is 6.15. The highest BCUT2D eigenvalue weighted by Crippen LogP contribution is 2.32. The Morgan fingerprint density at radius 1 is 1.44 bits per heavy atom. The van der Waals surface area contributed by atoms with E-state index in [4.69, 9.17) is 15.2 Å². The molecule has 94 valence electrons. The molecule has 0 spiro atoms. The van der Waals surface area contributed by atoms with Crippen LogP contribution in [0, 0.1) is 5.92 Å². The standard InChI is InChI=1S/C12H23NO3/c1-3-15-8-9-16-11(14)12(13)7-5-4-6-10(12)2/h10H,3-9,13H2,1-2H3. The lowest BCUT2D eigenvalue weighted by molar-refractivity contribution is -0.155. The van der Waals surface area contributed by atoms with Crippen molar-refractivity contribution in [2.45, 2.75) is 45.1 Å². The molecule has 0 saturated heterocycles. The zero-order valence-corrected chi connectivity index (χ0v) is 10.3. The summed E-state index contributed by atoms with van der Waals surface area (Å²) >= 11 is 0. The van der Waals surface area contributed by atoms with Crippen LogP contribution < -0.4 is 5.73 Å². The van der Waals surface area contributed by atoms with E-state index in [0.29, 0.717) is 19.8 Å². The van der Waals surface area contributed by atoms with Crippen molar-refractivity contribution in [2.75, 3.05) is 19.8 Å². The predicted octanol–water partition coefficient (Wildman–Crippen LogP) is 1.47. The molecule has 0 aromatic rings. The third-order valence-corrected chi connectivity index (χ3v) is 3.40. The Bertz CT molecular complexity index is 232. The lowest BCUT2D eigenvalue weighted by atomic mass is 9.74. The molecule has 1 aliphatic carbocycles. The number of rotatable bonds is 5. The maximum Gasteiger partial charge on any atom is 0.326 e. The van der Waals surface area contributed by atoms with Gasteiger partial charge in [0.05, 0.1) is 6.61 Å². The molecule has 1 saturated carbocycles. The fraction of sp³-hybridized carbons (Fsp3) is 0.917. The van der Waals surface area contributed by atoms with Gasteiger partial charge < -0.3 is 15.2 Å². The molecule has 1 rings (SSSR count). The number of carbonyl (C=O) groups is 1. The van der Waals surface area contributed by atoms with E-state index in [1.165, 1.54) is 0 Å². The Morgan fingerprint density at radius 3 is 2.81 bits per heavy atom. The lowest BCUT2D eigenvalue weighted by Crippen LogP contribution is -2.55. The van der Waals surface area contributed by atoms with Gasteiger partial charge in [0.25, 0.3) is 0 Å². The third-order valence-electron chi connectivity index (χ3n) is 3.40. The highest BCUT2D eigenvalue weighted by molar-refractivity contribution is 5.81. The Balaban J connectivity index is 2.38. The second-order valence-corrected chi connectivity index (χ2v) is 4.52. The van der Waals surface area contributed by atoms with Crippen molar-refractivity contribution in [1.29, 1.82) is 0 Å². The summed E-state index contributed by atoms with van der Waals surface area (Å²) < 4.78 is 10.3. The zero-order valence-electron chi connectivity index (χ0n) is 10.3. The minimum absolute atomic E-state index is 0.209. The Hall–Kier alpha value is -0.610. The fourth-order valence-electron chi connectivity index (χ4n) is 2.15. The van der Waals surface area contributed by atoms with Crippen molar-refractivity contribution < 1.29 is 14.3 Å². The topological polar surface area (TPSA) is 61.5 Å². The highest BCUT2D eigenvalue weighted by atomic mass is 16.6. The molecule has 4 nitrogen and oxygen atoms in total. The zero-order chi connectivity index (χ0) is 12.0. The molecule has 0 aromatic heterocycles. The van der Waals surface area contributed by atoms with Crippen LogP contribution in [0.3, 0.4) is 0 Å². The van der Waals surface area contributed by atoms with Crippen molar-refractivity contribution in [2.24, 2.45) is 11.7 Å². The lowest BCUT2D eigenvalue weighted by Gasteiger charge is -2.36. The quantitative estimate of drug-likeness (QED) is 0.573. The van der Waals surface area contributed by atoms with Crippen molar-refractivity contribution in [1.82, 2.24) is 0 Å². The normalized spacial score (nSPS) is 30.1. The molecule has 0 heterocycles. The van der Waals surface area contributed by atoms with Gasteiger partial charge in [-0.25, -0.2) is 0 Å². The summed E-state index contributed by atoms with van der Waals surface area (Å²) in [6, 6.07) is 0. The van der Waals surface area contributed by atoms with Gasteiger partial charge in [-0.2, -0.15) is 0 Å². The Labute approximate surface area is 97.5 Å². The van der Waals surface area contributed by atoms with Crippen molar-refractivity contribution >= 4 is 5.97 Å². The fourth-order valence-corrected chi connectivity index (χ4v) is 2.15. The molecule has 0 aliphatic heterocycles. The molecule has 0 bridgehead atoms. The molecule has 0 amide bonds. The number of nitrogens with two attached hydrogens (primary N) is 1. The molecule has 16 heavy (non-hydrogen) atoms. The van der Waals surface area contributed by atoms with E-state index in [2.05, 4.69) is 0 Å². The highest BCUT2D eigenvalue weighted by Gasteiger charge is 2.42.